The third kappa shape index (κ3) is 2.46. The average Bonchev–Trinajstić information content (AvgIpc) is 2.01. The maximum atomic E-state index is 12.2. The molecule has 0 spiro atoms. The number of carboxylic acids is 1. The van der Waals surface area contributed by atoms with E-state index in [0.717, 1.165) is 0 Å². The lowest BCUT2D eigenvalue weighted by atomic mass is 9.80. The normalized spacial score (nSPS) is 28.9. The lowest BCUT2D eigenvalue weighted by Crippen LogP contribution is -2.35. The highest BCUT2D eigenvalue weighted by atomic mass is 19.4. The minimum Gasteiger partial charge on any atom is -0.481 e. The van der Waals surface area contributed by atoms with Crippen LogP contribution in [0, 0.1) is 11.8 Å². The van der Waals surface area contributed by atoms with Crippen molar-refractivity contribution in [2.75, 3.05) is 0 Å². The Morgan fingerprint density at radius 3 is 2.36 bits per heavy atom. The molecule has 0 aliphatic heterocycles. The fraction of sp³-hybridized carbons (Fsp3) is 0.750. The zero-order valence-corrected chi connectivity index (χ0v) is 7.17. The first-order valence-electron chi connectivity index (χ1n) is 4.12. The number of Topliss-reactive ketones (excluding diaryl/α,β-unsaturated/α-hetero) is 1. The number of hydrogen-bond acceptors (Lipinski definition) is 2. The fourth-order valence-electron chi connectivity index (χ4n) is 1.58. The van der Waals surface area contributed by atoms with E-state index in [-0.39, 0.29) is 6.42 Å². The van der Waals surface area contributed by atoms with Crippen molar-refractivity contribution >= 4 is 11.8 Å². The van der Waals surface area contributed by atoms with E-state index in [9.17, 15) is 22.8 Å². The number of carboxylic acid groups (broad SMARTS) is 1. The Hall–Kier alpha value is -1.07. The van der Waals surface area contributed by atoms with Crippen molar-refractivity contribution in [1.29, 1.82) is 0 Å². The Kier molecular flexibility index (Phi) is 2.82. The quantitative estimate of drug-likeness (QED) is 0.715. The van der Waals surface area contributed by atoms with Crippen molar-refractivity contribution in [1.82, 2.24) is 0 Å². The Morgan fingerprint density at radius 1 is 1.36 bits per heavy atom. The maximum Gasteiger partial charge on any atom is 0.392 e. The van der Waals surface area contributed by atoms with Gasteiger partial charge in [0.05, 0.1) is 11.8 Å². The summed E-state index contributed by atoms with van der Waals surface area (Å²) >= 11 is 0. The van der Waals surface area contributed by atoms with Crippen LogP contribution >= 0.6 is 0 Å². The van der Waals surface area contributed by atoms with Crippen LogP contribution in [-0.2, 0) is 9.59 Å². The van der Waals surface area contributed by atoms with Gasteiger partial charge < -0.3 is 5.11 Å². The smallest absolute Gasteiger partial charge is 0.392 e. The van der Waals surface area contributed by atoms with Gasteiger partial charge in [0.25, 0.3) is 0 Å². The Labute approximate surface area is 77.9 Å². The highest BCUT2D eigenvalue weighted by Gasteiger charge is 2.46. The Morgan fingerprint density at radius 2 is 1.93 bits per heavy atom. The van der Waals surface area contributed by atoms with Crippen LogP contribution in [0.5, 0.6) is 0 Å². The summed E-state index contributed by atoms with van der Waals surface area (Å²) in [5, 5.41) is 8.52. The number of hydrogen-bond donors (Lipinski definition) is 1. The van der Waals surface area contributed by atoms with E-state index < -0.39 is 42.6 Å². The predicted molar refractivity (Wildman–Crippen MR) is 39.5 cm³/mol. The summed E-state index contributed by atoms with van der Waals surface area (Å²) in [6, 6.07) is 0. The van der Waals surface area contributed by atoms with E-state index in [1.54, 1.807) is 0 Å². The summed E-state index contributed by atoms with van der Waals surface area (Å²) < 4.78 is 36.6. The minimum atomic E-state index is -4.47. The first kappa shape index (κ1) is 11.0. The molecule has 1 rings (SSSR count). The van der Waals surface area contributed by atoms with E-state index >= 15 is 0 Å². The van der Waals surface area contributed by atoms with Crippen molar-refractivity contribution in [2.45, 2.75) is 25.4 Å². The van der Waals surface area contributed by atoms with Gasteiger partial charge in [-0.15, -0.1) is 0 Å². The summed E-state index contributed by atoms with van der Waals surface area (Å²) in [5.74, 6) is -4.91. The van der Waals surface area contributed by atoms with Gasteiger partial charge in [0, 0.05) is 12.8 Å². The van der Waals surface area contributed by atoms with E-state index in [1.165, 1.54) is 0 Å². The number of rotatable bonds is 1. The van der Waals surface area contributed by atoms with Crippen LogP contribution in [0.1, 0.15) is 19.3 Å². The summed E-state index contributed by atoms with van der Waals surface area (Å²) in [7, 11) is 0. The topological polar surface area (TPSA) is 54.4 Å². The van der Waals surface area contributed by atoms with Crippen molar-refractivity contribution < 1.29 is 27.9 Å². The molecule has 1 N–H and O–H groups in total. The number of aliphatic carboxylic acids is 1. The predicted octanol–water partition coefficient (Wildman–Crippen LogP) is 1.62. The first-order valence-corrected chi connectivity index (χ1v) is 4.12. The molecule has 0 heterocycles. The number of alkyl halides is 3. The Bertz CT molecular complexity index is 259. The van der Waals surface area contributed by atoms with Gasteiger partial charge in [0.2, 0.25) is 0 Å². The number of carbonyl (C=O) groups excluding carboxylic acids is 1. The van der Waals surface area contributed by atoms with Gasteiger partial charge in [0.15, 0.2) is 0 Å². The highest BCUT2D eigenvalue weighted by molar-refractivity contribution is 5.85. The standard InChI is InChI=1S/C8H9F3O3/c9-8(10,11)5-1-4(7(13)14)2-6(12)3-5/h4-5H,1-3H2,(H,13,14)/t4-,5+/m1/s1. The SMILES string of the molecule is O=C1C[C@H](C(=O)O)C[C@H](C(F)(F)F)C1. The molecule has 80 valence electrons. The molecular weight excluding hydrogens is 201 g/mol. The third-order valence-corrected chi connectivity index (χ3v) is 2.33. The van der Waals surface area contributed by atoms with Crippen LogP contribution in [0.2, 0.25) is 0 Å². The van der Waals surface area contributed by atoms with Gasteiger partial charge in [-0.25, -0.2) is 0 Å². The number of carbonyl (C=O) groups is 2. The molecule has 14 heavy (non-hydrogen) atoms. The van der Waals surface area contributed by atoms with Crippen molar-refractivity contribution in [3.8, 4) is 0 Å². The molecule has 0 aromatic heterocycles. The van der Waals surface area contributed by atoms with Crippen LogP contribution in [0.15, 0.2) is 0 Å². The molecule has 0 aromatic rings. The average molecular weight is 210 g/mol. The first-order chi connectivity index (χ1) is 6.30. The molecule has 1 saturated carbocycles. The van der Waals surface area contributed by atoms with Crippen molar-refractivity contribution in [3.63, 3.8) is 0 Å². The number of ketones is 1. The van der Waals surface area contributed by atoms with Gasteiger partial charge in [-0.05, 0) is 6.42 Å². The lowest BCUT2D eigenvalue weighted by molar-refractivity contribution is -0.189. The van der Waals surface area contributed by atoms with Crippen LogP contribution < -0.4 is 0 Å². The third-order valence-electron chi connectivity index (χ3n) is 2.33. The molecule has 1 fully saturated rings. The highest BCUT2D eigenvalue weighted by Crippen LogP contribution is 2.38. The molecule has 1 aliphatic carbocycles. The molecule has 0 aromatic carbocycles. The van der Waals surface area contributed by atoms with Gasteiger partial charge >= 0.3 is 12.1 Å². The minimum absolute atomic E-state index is 0.276. The summed E-state index contributed by atoms with van der Waals surface area (Å²) in [6.07, 6.45) is -5.80. The van der Waals surface area contributed by atoms with Gasteiger partial charge in [-0.3, -0.25) is 9.59 Å². The fourth-order valence-corrected chi connectivity index (χ4v) is 1.58. The zero-order chi connectivity index (χ0) is 10.9. The molecule has 0 radical (unpaired) electrons. The van der Waals surface area contributed by atoms with Crippen LogP contribution in [0.3, 0.4) is 0 Å². The molecule has 2 atom stereocenters. The van der Waals surface area contributed by atoms with E-state index in [4.69, 9.17) is 5.11 Å². The summed E-state index contributed by atoms with van der Waals surface area (Å²) in [5.41, 5.74) is 0. The van der Waals surface area contributed by atoms with Crippen LogP contribution in [-0.4, -0.2) is 23.0 Å². The Balaban J connectivity index is 2.73. The van der Waals surface area contributed by atoms with Crippen LogP contribution in [0.4, 0.5) is 13.2 Å². The molecule has 0 saturated heterocycles. The molecule has 1 aliphatic rings. The van der Waals surface area contributed by atoms with Gasteiger partial charge in [-0.2, -0.15) is 13.2 Å². The van der Waals surface area contributed by atoms with Crippen molar-refractivity contribution in [3.05, 3.63) is 0 Å². The molecular formula is C8H9F3O3. The lowest BCUT2D eigenvalue weighted by Gasteiger charge is -2.27. The molecule has 0 unspecified atom stereocenters. The van der Waals surface area contributed by atoms with Gasteiger partial charge in [-0.1, -0.05) is 0 Å². The second kappa shape index (κ2) is 3.59. The molecule has 0 bridgehead atoms. The number of halogens is 3. The monoisotopic (exact) mass is 210 g/mol. The summed E-state index contributed by atoms with van der Waals surface area (Å²) in [4.78, 5) is 21.3. The van der Waals surface area contributed by atoms with E-state index in [2.05, 4.69) is 0 Å². The molecule has 3 nitrogen and oxygen atoms in total. The molecule has 6 heteroatoms. The summed E-state index contributed by atoms with van der Waals surface area (Å²) in [6.45, 7) is 0. The zero-order valence-electron chi connectivity index (χ0n) is 7.17. The van der Waals surface area contributed by atoms with E-state index in [1.807, 2.05) is 0 Å². The maximum absolute atomic E-state index is 12.2. The second-order valence-electron chi connectivity index (χ2n) is 3.46. The van der Waals surface area contributed by atoms with Gasteiger partial charge in [0.1, 0.15) is 5.78 Å². The van der Waals surface area contributed by atoms with Crippen molar-refractivity contribution in [2.24, 2.45) is 11.8 Å². The second-order valence-corrected chi connectivity index (χ2v) is 3.46. The van der Waals surface area contributed by atoms with Crippen LogP contribution in [0.25, 0.3) is 0 Å². The largest absolute Gasteiger partial charge is 0.481 e. The van der Waals surface area contributed by atoms with E-state index in [0.29, 0.717) is 0 Å². The molecule has 0 amide bonds.